The zero-order valence-corrected chi connectivity index (χ0v) is 21.7. The average molecular weight is 454 g/mol. The molecular formula is C22H39NO5Si2. The van der Waals surface area contributed by atoms with E-state index in [0.717, 1.165) is 0 Å². The normalized spacial score (nSPS) is 24.3. The topological polar surface area (TPSA) is 77.9 Å². The molecule has 0 radical (unpaired) electrons. The van der Waals surface area contributed by atoms with E-state index in [9.17, 15) is 9.90 Å². The second-order valence-electron chi connectivity index (χ2n) is 9.57. The molecule has 1 aliphatic rings. The molecule has 30 heavy (non-hydrogen) atoms. The third-order valence-electron chi connectivity index (χ3n) is 6.15. The van der Waals surface area contributed by atoms with Crippen LogP contribution in [0.3, 0.4) is 0 Å². The van der Waals surface area contributed by atoms with Crippen molar-refractivity contribution in [2.75, 3.05) is 6.61 Å². The van der Waals surface area contributed by atoms with Crippen molar-refractivity contribution in [3.63, 3.8) is 0 Å². The second kappa shape index (κ2) is 10.1. The van der Waals surface area contributed by atoms with Gasteiger partial charge in [0.2, 0.25) is 0 Å². The van der Waals surface area contributed by atoms with Crippen LogP contribution < -0.4 is 0 Å². The van der Waals surface area contributed by atoms with Gasteiger partial charge < -0.3 is 18.1 Å². The lowest BCUT2D eigenvalue weighted by Gasteiger charge is -2.51. The monoisotopic (exact) mass is 453 g/mol. The molecule has 170 valence electrons. The summed E-state index contributed by atoms with van der Waals surface area (Å²) in [7, 11) is -5.52. The van der Waals surface area contributed by atoms with Crippen LogP contribution in [0.1, 0.15) is 72.2 Å². The quantitative estimate of drug-likeness (QED) is 0.464. The number of nitrogens with zero attached hydrogens (tertiary/aromatic N) is 1. The second-order valence-corrected chi connectivity index (χ2v) is 18.4. The number of Topliss-reactive ketones (excluding diaryl/α,β-unsaturated/α-hetero) is 1. The summed E-state index contributed by atoms with van der Waals surface area (Å²) in [5.74, 6) is -0.0978. The lowest BCUT2D eigenvalue weighted by molar-refractivity contribution is -0.0372. The van der Waals surface area contributed by atoms with Crippen LogP contribution in [0.5, 0.6) is 0 Å². The zero-order valence-electron chi connectivity index (χ0n) is 19.7. The summed E-state index contributed by atoms with van der Waals surface area (Å²) in [6.07, 6.45) is 1.71. The van der Waals surface area contributed by atoms with Gasteiger partial charge in [0.15, 0.2) is 5.78 Å². The Hall–Kier alpha value is -0.906. The first kappa shape index (κ1) is 25.4. The fourth-order valence-electron chi connectivity index (χ4n) is 4.36. The van der Waals surface area contributed by atoms with Crippen molar-refractivity contribution in [2.45, 2.75) is 96.2 Å². The van der Waals surface area contributed by atoms with E-state index in [1.165, 1.54) is 0 Å². The number of hydrogen-bond donors (Lipinski definition) is 1. The van der Waals surface area contributed by atoms with Gasteiger partial charge >= 0.3 is 17.1 Å². The number of aliphatic hydroxyl groups excluding tert-OH is 1. The third-order valence-corrected chi connectivity index (χ3v) is 16.4. The molecule has 2 atom stereocenters. The van der Waals surface area contributed by atoms with Gasteiger partial charge in [-0.05, 0) is 34.3 Å². The highest BCUT2D eigenvalue weighted by atomic mass is 28.5. The molecule has 1 N–H and O–H groups in total. The van der Waals surface area contributed by atoms with E-state index in [0.29, 0.717) is 5.56 Å². The molecule has 8 heteroatoms. The lowest BCUT2D eigenvalue weighted by atomic mass is 10.0. The molecule has 0 bridgehead atoms. The Morgan fingerprint density at radius 1 is 1.07 bits per heavy atom. The predicted octanol–water partition coefficient (Wildman–Crippen LogP) is 4.97. The molecule has 0 saturated carbocycles. The van der Waals surface area contributed by atoms with Gasteiger partial charge in [0.25, 0.3) is 0 Å². The minimum atomic E-state index is -2.84. The van der Waals surface area contributed by atoms with Gasteiger partial charge in [0.05, 0.1) is 12.7 Å². The first-order chi connectivity index (χ1) is 14.0. The van der Waals surface area contributed by atoms with Crippen molar-refractivity contribution < 1.29 is 22.9 Å². The maximum Gasteiger partial charge on any atom is 0.335 e. The molecule has 2 unspecified atom stereocenters. The van der Waals surface area contributed by atoms with Gasteiger partial charge in [-0.2, -0.15) is 0 Å². The number of aliphatic hydroxyl groups is 1. The molecule has 1 aromatic heterocycles. The maximum absolute atomic E-state index is 12.9. The summed E-state index contributed by atoms with van der Waals surface area (Å²) >= 11 is 0. The van der Waals surface area contributed by atoms with E-state index in [2.05, 4.69) is 60.4 Å². The molecule has 1 aromatic rings. The minimum Gasteiger partial charge on any atom is -0.414 e. The molecule has 2 heterocycles. The molecule has 6 nitrogen and oxygen atoms in total. The van der Waals surface area contributed by atoms with Crippen molar-refractivity contribution in [1.82, 2.24) is 4.98 Å². The van der Waals surface area contributed by atoms with Crippen LogP contribution in [0.25, 0.3) is 0 Å². The van der Waals surface area contributed by atoms with Gasteiger partial charge in [-0.3, -0.25) is 9.78 Å². The van der Waals surface area contributed by atoms with Crippen molar-refractivity contribution in [3.8, 4) is 0 Å². The molecule has 1 aliphatic heterocycles. The van der Waals surface area contributed by atoms with Gasteiger partial charge in [-0.25, -0.2) is 0 Å². The van der Waals surface area contributed by atoms with Crippen molar-refractivity contribution in [2.24, 2.45) is 0 Å². The van der Waals surface area contributed by atoms with E-state index in [1.54, 1.807) is 24.5 Å². The fraction of sp³-hybridized carbons (Fsp3) is 0.727. The van der Waals surface area contributed by atoms with E-state index in [1.807, 2.05) is 0 Å². The number of pyridine rings is 1. The maximum atomic E-state index is 12.9. The zero-order chi connectivity index (χ0) is 22.7. The number of hydrogen-bond acceptors (Lipinski definition) is 6. The van der Waals surface area contributed by atoms with Crippen LogP contribution in [0.15, 0.2) is 24.5 Å². The summed E-state index contributed by atoms with van der Waals surface area (Å²) in [4.78, 5) is 16.9. The Bertz CT molecular complexity index is 680. The molecule has 0 spiro atoms. The number of aromatic nitrogens is 1. The number of carbonyl (C=O) groups is 1. The molecule has 1 saturated heterocycles. The van der Waals surface area contributed by atoms with Gasteiger partial charge in [0, 0.05) is 24.4 Å². The van der Waals surface area contributed by atoms with Crippen molar-refractivity contribution in [3.05, 3.63) is 30.1 Å². The number of carbonyl (C=O) groups excluding carboxylic acids is 1. The first-order valence-electron chi connectivity index (χ1n) is 11.1. The summed E-state index contributed by atoms with van der Waals surface area (Å²) in [6.45, 7) is 17.2. The summed E-state index contributed by atoms with van der Waals surface area (Å²) in [5, 5.41) is 11.0. The van der Waals surface area contributed by atoms with E-state index < -0.39 is 29.3 Å². The van der Waals surface area contributed by atoms with Crippen molar-refractivity contribution >= 4 is 22.9 Å². The Morgan fingerprint density at radius 3 is 2.10 bits per heavy atom. The first-order valence-corrected chi connectivity index (χ1v) is 15.0. The van der Waals surface area contributed by atoms with Crippen LogP contribution in [-0.2, 0) is 13.0 Å². The highest BCUT2D eigenvalue weighted by Gasteiger charge is 2.58. The Balaban J connectivity index is 2.44. The largest absolute Gasteiger partial charge is 0.414 e. The van der Waals surface area contributed by atoms with Crippen LogP contribution in [-0.4, -0.2) is 51.8 Å². The summed E-state index contributed by atoms with van der Waals surface area (Å²) in [6, 6.07) is 3.48. The van der Waals surface area contributed by atoms with Gasteiger partial charge in [-0.1, -0.05) is 55.4 Å². The van der Waals surface area contributed by atoms with Gasteiger partial charge in [-0.15, -0.1) is 0 Å². The molecule has 0 amide bonds. The number of rotatable bonds is 7. The van der Waals surface area contributed by atoms with Crippen molar-refractivity contribution in [1.29, 1.82) is 0 Å². The SMILES string of the molecule is CC(C)[Si]1(C(C)C)OCC(O)C(CC(=O)c2cccnc2)O[Si](C(C)C)(C(C)C)O1. The molecule has 0 aliphatic carbocycles. The van der Waals surface area contributed by atoms with Gasteiger partial charge in [0.1, 0.15) is 6.10 Å². The average Bonchev–Trinajstić information content (AvgIpc) is 2.67. The molecule has 1 fully saturated rings. The fourth-order valence-corrected chi connectivity index (χ4v) is 15.6. The van der Waals surface area contributed by atoms with Crippen LogP contribution in [0, 0.1) is 0 Å². The van der Waals surface area contributed by atoms with Crippen LogP contribution >= 0.6 is 0 Å². The Kier molecular flexibility index (Phi) is 8.57. The summed E-state index contributed by atoms with van der Waals surface area (Å²) < 4.78 is 20.3. The predicted molar refractivity (Wildman–Crippen MR) is 123 cm³/mol. The standard InChI is InChI=1S/C22H39NO5Si2/c1-15(2)29(16(3)4)26-14-21(25)22(12-20(24)19-10-9-11-23-13-19)27-30(28-29,17(5)6)18(7)8/h9-11,13,15-18,21-22,25H,12,14H2,1-8H3. The third kappa shape index (κ3) is 5.11. The minimum absolute atomic E-state index is 0.0751. The van der Waals surface area contributed by atoms with Crippen LogP contribution in [0.2, 0.25) is 22.2 Å². The summed E-state index contributed by atoms with van der Waals surface area (Å²) in [5.41, 5.74) is 1.24. The molecule has 2 rings (SSSR count). The molecular weight excluding hydrogens is 414 g/mol. The number of ketones is 1. The van der Waals surface area contributed by atoms with E-state index >= 15 is 0 Å². The molecule has 0 aromatic carbocycles. The lowest BCUT2D eigenvalue weighted by Crippen LogP contribution is -2.65. The highest BCUT2D eigenvalue weighted by Crippen LogP contribution is 2.46. The van der Waals surface area contributed by atoms with Crippen LogP contribution in [0.4, 0.5) is 0 Å². The Labute approximate surface area is 183 Å². The highest BCUT2D eigenvalue weighted by molar-refractivity contribution is 6.83. The van der Waals surface area contributed by atoms with E-state index in [-0.39, 0.29) is 41.0 Å². The Morgan fingerprint density at radius 2 is 1.63 bits per heavy atom. The smallest absolute Gasteiger partial charge is 0.335 e. The van der Waals surface area contributed by atoms with E-state index in [4.69, 9.17) is 13.0 Å².